The summed E-state index contributed by atoms with van der Waals surface area (Å²) in [5.74, 6) is -0.0171. The second kappa shape index (κ2) is 7.24. The van der Waals surface area contributed by atoms with Gasteiger partial charge in [-0.2, -0.15) is 0 Å². The first kappa shape index (κ1) is 20.3. The zero-order valence-electron chi connectivity index (χ0n) is 17.8. The van der Waals surface area contributed by atoms with Gasteiger partial charge in [0, 0.05) is 32.1 Å². The minimum absolute atomic E-state index is 0.0843. The van der Waals surface area contributed by atoms with Crippen LogP contribution in [-0.2, 0) is 7.05 Å². The van der Waals surface area contributed by atoms with Crippen molar-refractivity contribution >= 4 is 33.9 Å². The van der Waals surface area contributed by atoms with Gasteiger partial charge in [0.2, 0.25) is 0 Å². The lowest BCUT2D eigenvalue weighted by Gasteiger charge is -2.34. The molecular weight excluding hydrogens is 412 g/mol. The van der Waals surface area contributed by atoms with E-state index in [-0.39, 0.29) is 31.2 Å². The first-order valence-electron chi connectivity index (χ1n) is 10.3. The van der Waals surface area contributed by atoms with Gasteiger partial charge in [0.1, 0.15) is 11.8 Å². The van der Waals surface area contributed by atoms with Crippen LogP contribution in [0.1, 0.15) is 29.7 Å². The minimum Gasteiger partial charge on any atom is -0.391 e. The Balaban J connectivity index is 1.54. The van der Waals surface area contributed by atoms with Gasteiger partial charge in [-0.05, 0) is 25.1 Å². The van der Waals surface area contributed by atoms with Gasteiger partial charge in [0.25, 0.3) is 5.91 Å². The molecule has 4 N–H and O–H groups in total. The first-order chi connectivity index (χ1) is 15.2. The molecule has 4 aromatic rings. The van der Waals surface area contributed by atoms with E-state index in [2.05, 4.69) is 19.9 Å². The summed E-state index contributed by atoms with van der Waals surface area (Å²) in [6.45, 7) is 1.89. The van der Waals surface area contributed by atoms with E-state index >= 15 is 0 Å². The number of nitrogen functional groups attached to an aromatic ring is 1. The molecule has 1 aromatic carbocycles. The summed E-state index contributed by atoms with van der Waals surface area (Å²) >= 11 is 0. The van der Waals surface area contributed by atoms with Gasteiger partial charge in [-0.25, -0.2) is 19.9 Å². The van der Waals surface area contributed by atoms with Gasteiger partial charge < -0.3 is 30.0 Å². The highest BCUT2D eigenvalue weighted by Gasteiger charge is 2.42. The monoisotopic (exact) mass is 436 g/mol. The third-order valence-electron chi connectivity index (χ3n) is 6.17. The summed E-state index contributed by atoms with van der Waals surface area (Å²) in [4.78, 5) is 31.8. The lowest BCUT2D eigenvalue weighted by molar-refractivity contribution is -0.0217. The van der Waals surface area contributed by atoms with Crippen molar-refractivity contribution in [1.29, 1.82) is 0 Å². The number of nitrogens with two attached hydrogens (primary N) is 1. The Bertz CT molecular complexity index is 1330. The number of fused-ring (bicyclic) bond motifs is 2. The van der Waals surface area contributed by atoms with Crippen LogP contribution in [-0.4, -0.2) is 74.9 Å². The maximum absolute atomic E-state index is 13.4. The fourth-order valence-electron chi connectivity index (χ4n) is 4.52. The summed E-state index contributed by atoms with van der Waals surface area (Å²) < 4.78 is 3.58. The number of benzene rings is 1. The number of carbonyl (C=O) groups excluding carboxylic acids is 1. The molecule has 0 saturated carbocycles. The Kier molecular flexibility index (Phi) is 4.60. The topological polar surface area (TPSA) is 148 Å². The molecule has 0 spiro atoms. The molecule has 11 heteroatoms. The highest BCUT2D eigenvalue weighted by Crippen LogP contribution is 2.34. The first-order valence-corrected chi connectivity index (χ1v) is 10.3. The van der Waals surface area contributed by atoms with Crippen molar-refractivity contribution in [2.45, 2.75) is 31.1 Å². The van der Waals surface area contributed by atoms with E-state index in [1.165, 1.54) is 12.7 Å². The molecule has 166 valence electrons. The second-order valence-electron chi connectivity index (χ2n) is 8.58. The molecule has 4 heterocycles. The van der Waals surface area contributed by atoms with E-state index in [9.17, 15) is 15.0 Å². The van der Waals surface area contributed by atoms with Gasteiger partial charge >= 0.3 is 0 Å². The van der Waals surface area contributed by atoms with Crippen LogP contribution >= 0.6 is 0 Å². The van der Waals surface area contributed by atoms with Gasteiger partial charge in [0.05, 0.1) is 41.4 Å². The van der Waals surface area contributed by atoms with Crippen LogP contribution in [0.5, 0.6) is 0 Å². The van der Waals surface area contributed by atoms with Crippen LogP contribution in [0.2, 0.25) is 0 Å². The maximum Gasteiger partial charge on any atom is 0.254 e. The van der Waals surface area contributed by atoms with Crippen molar-refractivity contribution in [3.63, 3.8) is 0 Å². The highest BCUT2D eigenvalue weighted by atomic mass is 16.3. The van der Waals surface area contributed by atoms with Crippen LogP contribution in [0, 0.1) is 0 Å². The zero-order valence-corrected chi connectivity index (χ0v) is 17.8. The predicted octanol–water partition coefficient (Wildman–Crippen LogP) is 0.494. The van der Waals surface area contributed by atoms with E-state index in [0.29, 0.717) is 22.2 Å². The van der Waals surface area contributed by atoms with Crippen molar-refractivity contribution in [3.05, 3.63) is 42.7 Å². The zero-order chi connectivity index (χ0) is 22.6. The Morgan fingerprint density at radius 2 is 2.00 bits per heavy atom. The molecule has 3 atom stereocenters. The number of aryl methyl sites for hydroxylation is 1. The number of carbonyl (C=O) groups is 1. The molecule has 0 radical (unpaired) electrons. The Morgan fingerprint density at radius 3 is 2.81 bits per heavy atom. The number of aromatic nitrogens is 6. The normalized spacial score (nSPS) is 24.2. The van der Waals surface area contributed by atoms with Crippen molar-refractivity contribution in [2.24, 2.45) is 7.05 Å². The van der Waals surface area contributed by atoms with Crippen molar-refractivity contribution < 1.29 is 15.0 Å². The van der Waals surface area contributed by atoms with Gasteiger partial charge in [0.15, 0.2) is 11.5 Å². The highest BCUT2D eigenvalue weighted by molar-refractivity contribution is 5.97. The number of amides is 1. The van der Waals surface area contributed by atoms with Crippen LogP contribution in [0.15, 0.2) is 37.2 Å². The van der Waals surface area contributed by atoms with E-state index in [1.54, 1.807) is 34.9 Å². The van der Waals surface area contributed by atoms with E-state index in [0.717, 1.165) is 5.52 Å². The molecule has 1 amide bonds. The molecular formula is C21H24N8O3. The van der Waals surface area contributed by atoms with E-state index in [4.69, 9.17) is 5.73 Å². The number of likely N-dealkylation sites (tertiary alicyclic amines) is 1. The fraction of sp³-hybridized carbons (Fsp3) is 0.381. The molecule has 1 aliphatic heterocycles. The van der Waals surface area contributed by atoms with Gasteiger partial charge in [-0.3, -0.25) is 4.79 Å². The van der Waals surface area contributed by atoms with Crippen molar-refractivity contribution in [3.8, 4) is 0 Å². The quantitative estimate of drug-likeness (QED) is 0.411. The lowest BCUT2D eigenvalue weighted by atomic mass is 9.91. The lowest BCUT2D eigenvalue weighted by Crippen LogP contribution is -2.42. The summed E-state index contributed by atoms with van der Waals surface area (Å²) in [6, 6.07) is 4.72. The molecule has 3 aromatic heterocycles. The molecule has 1 aliphatic rings. The van der Waals surface area contributed by atoms with Crippen molar-refractivity contribution in [2.75, 3.05) is 18.8 Å². The number of imidazole rings is 2. The Hall–Kier alpha value is -3.57. The smallest absolute Gasteiger partial charge is 0.254 e. The fourth-order valence-corrected chi connectivity index (χ4v) is 4.52. The summed E-state index contributed by atoms with van der Waals surface area (Å²) in [7, 11) is 1.89. The summed E-state index contributed by atoms with van der Waals surface area (Å²) in [5.41, 5.74) is 7.57. The summed E-state index contributed by atoms with van der Waals surface area (Å²) in [5, 5.41) is 21.9. The van der Waals surface area contributed by atoms with Gasteiger partial charge in [-0.15, -0.1) is 0 Å². The summed E-state index contributed by atoms with van der Waals surface area (Å²) in [6.07, 6.45) is 3.75. The number of rotatable bonds is 2. The molecule has 0 aliphatic carbocycles. The maximum atomic E-state index is 13.4. The third-order valence-corrected chi connectivity index (χ3v) is 6.17. The van der Waals surface area contributed by atoms with E-state index in [1.807, 2.05) is 17.7 Å². The number of β-amino-alcohol motifs (C(OH)–C–C–N with tert-alkyl or cyclic N) is 1. The number of nitrogens with zero attached hydrogens (tertiary/aromatic N) is 7. The molecule has 11 nitrogen and oxygen atoms in total. The van der Waals surface area contributed by atoms with Crippen molar-refractivity contribution in [1.82, 2.24) is 34.0 Å². The minimum atomic E-state index is -1.33. The van der Waals surface area contributed by atoms with Crippen LogP contribution in [0.3, 0.4) is 0 Å². The average molecular weight is 436 g/mol. The molecule has 1 saturated heterocycles. The van der Waals surface area contributed by atoms with Crippen LogP contribution in [0.25, 0.3) is 22.2 Å². The van der Waals surface area contributed by atoms with Crippen LogP contribution in [0.4, 0.5) is 5.82 Å². The number of aliphatic hydroxyl groups excluding tert-OH is 1. The molecule has 0 bridgehead atoms. The number of hydrogen-bond donors (Lipinski definition) is 3. The third kappa shape index (κ3) is 3.26. The number of hydrogen-bond acceptors (Lipinski definition) is 8. The average Bonchev–Trinajstić information content (AvgIpc) is 3.31. The predicted molar refractivity (Wildman–Crippen MR) is 117 cm³/mol. The van der Waals surface area contributed by atoms with Gasteiger partial charge in [-0.1, -0.05) is 0 Å². The van der Waals surface area contributed by atoms with Crippen LogP contribution < -0.4 is 5.73 Å². The largest absolute Gasteiger partial charge is 0.391 e. The number of aliphatic hydroxyl groups is 2. The molecule has 0 unspecified atom stereocenters. The second-order valence-corrected chi connectivity index (χ2v) is 8.58. The Labute approximate surface area is 183 Å². The Morgan fingerprint density at radius 1 is 1.19 bits per heavy atom. The molecule has 5 rings (SSSR count). The SMILES string of the molecule is Cn1cnc2cc(C(=O)N3C[C@@H](O)C[C@@](C)(O)[C@H](n4cnc5c(N)ncnc54)C3)ccc21. The molecule has 1 fully saturated rings. The molecule has 32 heavy (non-hydrogen) atoms. The number of anilines is 1. The standard InChI is InChI=1S/C21H24N8O3/c1-21(32)6-13(30)7-28(20(31)12-3-4-15-14(5-12)25-10-27(15)2)8-16(21)29-11-26-17-18(22)23-9-24-19(17)29/h3-5,9-11,13,16,30,32H,6-8H2,1-2H3,(H2,22,23,24)/t13-,16+,21+/m0/s1. The van der Waals surface area contributed by atoms with E-state index < -0.39 is 17.7 Å².